The van der Waals surface area contributed by atoms with Gasteiger partial charge in [-0.1, -0.05) is 35.6 Å². The molecule has 0 fully saturated rings. The molecule has 0 N–H and O–H groups in total. The van der Waals surface area contributed by atoms with E-state index in [9.17, 15) is 19.7 Å². The Labute approximate surface area is 245 Å². The molecular weight excluding hydrogens is 556 g/mol. The molecule has 0 radical (unpaired) electrons. The van der Waals surface area contributed by atoms with Gasteiger partial charge in [-0.15, -0.1) is 0 Å². The monoisotopic (exact) mass is 586 g/mol. The minimum Gasteiger partial charge on any atom is -0.496 e. The second kappa shape index (κ2) is 11.6. The molecule has 2 aromatic heterocycles. The molecule has 0 saturated carbocycles. The Balaban J connectivity index is 1.66. The Morgan fingerprint density at radius 2 is 1.90 bits per heavy atom. The zero-order chi connectivity index (χ0) is 30.1. The molecule has 216 valence electrons. The number of nitrogens with zero attached hydrogens (tertiary/aromatic N) is 4. The zero-order valence-electron chi connectivity index (χ0n) is 23.9. The number of methoxy groups -OCH3 is 1. The number of carbonyl (C=O) groups excluding carboxylic acids is 1. The first kappa shape index (κ1) is 28.7. The van der Waals surface area contributed by atoms with Gasteiger partial charge >= 0.3 is 0 Å². The number of non-ortho nitro benzene ring substituents is 1. The van der Waals surface area contributed by atoms with Crippen molar-refractivity contribution in [3.8, 4) is 17.1 Å². The van der Waals surface area contributed by atoms with Gasteiger partial charge in [0.1, 0.15) is 23.3 Å². The van der Waals surface area contributed by atoms with Gasteiger partial charge in [0, 0.05) is 42.4 Å². The molecule has 2 aromatic carbocycles. The molecule has 0 spiro atoms. The van der Waals surface area contributed by atoms with Crippen molar-refractivity contribution in [3.05, 3.63) is 113 Å². The van der Waals surface area contributed by atoms with Crippen LogP contribution in [0.5, 0.6) is 5.75 Å². The maximum absolute atomic E-state index is 14.0. The first-order valence-corrected chi connectivity index (χ1v) is 14.3. The number of thiazole rings is 1. The molecular formula is C31H30N4O6S. The molecule has 10 nitrogen and oxygen atoms in total. The van der Waals surface area contributed by atoms with E-state index >= 15 is 0 Å². The lowest BCUT2D eigenvalue weighted by Crippen LogP contribution is -2.43. The predicted molar refractivity (Wildman–Crippen MR) is 160 cm³/mol. The normalized spacial score (nSPS) is 14.9. The molecule has 0 saturated heterocycles. The molecule has 0 unspecified atom stereocenters. The van der Waals surface area contributed by atoms with Crippen molar-refractivity contribution in [2.45, 2.75) is 33.7 Å². The third-order valence-corrected chi connectivity index (χ3v) is 8.32. The molecule has 42 heavy (non-hydrogen) atoms. The van der Waals surface area contributed by atoms with E-state index in [4.69, 9.17) is 14.1 Å². The molecule has 1 aliphatic heterocycles. The number of hydrogen-bond donors (Lipinski definition) is 0. The van der Waals surface area contributed by atoms with Crippen LogP contribution in [0.4, 0.5) is 5.69 Å². The fourth-order valence-electron chi connectivity index (χ4n) is 5.16. The van der Waals surface area contributed by atoms with Crippen LogP contribution in [0, 0.1) is 17.0 Å². The number of ether oxygens (including phenoxy) is 1. The number of hydrogen-bond acceptors (Lipinski definition) is 8. The van der Waals surface area contributed by atoms with Crippen LogP contribution >= 0.6 is 11.3 Å². The maximum atomic E-state index is 14.0. The van der Waals surface area contributed by atoms with Crippen molar-refractivity contribution in [1.82, 2.24) is 9.47 Å². The van der Waals surface area contributed by atoms with Gasteiger partial charge < -0.3 is 14.1 Å². The Kier molecular flexibility index (Phi) is 7.95. The maximum Gasteiger partial charge on any atom is 0.271 e. The Morgan fingerprint density at radius 3 is 2.60 bits per heavy atom. The molecule has 1 atom stereocenters. The second-order valence-corrected chi connectivity index (χ2v) is 10.8. The van der Waals surface area contributed by atoms with Crippen molar-refractivity contribution in [2.24, 2.45) is 4.99 Å². The molecule has 1 amide bonds. The molecule has 5 rings (SSSR count). The summed E-state index contributed by atoms with van der Waals surface area (Å²) in [4.78, 5) is 45.5. The van der Waals surface area contributed by atoms with E-state index in [1.165, 1.54) is 23.5 Å². The lowest BCUT2D eigenvalue weighted by Gasteiger charge is -2.29. The number of amides is 1. The lowest BCUT2D eigenvalue weighted by atomic mass is 9.94. The SMILES string of the molecule is CCN(CC)C(=O)C1=C(C)N=c2s/c(=C/c3ccc(-c4cc([N+](=O)[O-])ccc4C)o3)c(=O)n2[C@H]1c1ccccc1OC. The van der Waals surface area contributed by atoms with E-state index in [0.29, 0.717) is 62.1 Å². The first-order chi connectivity index (χ1) is 20.2. The third kappa shape index (κ3) is 5.07. The Bertz CT molecular complexity index is 1910. The van der Waals surface area contributed by atoms with E-state index in [2.05, 4.69) is 0 Å². The van der Waals surface area contributed by atoms with Crippen molar-refractivity contribution >= 4 is 29.0 Å². The number of benzene rings is 2. The van der Waals surface area contributed by atoms with E-state index in [0.717, 1.165) is 5.56 Å². The van der Waals surface area contributed by atoms with E-state index in [1.807, 2.05) is 39.0 Å². The van der Waals surface area contributed by atoms with Gasteiger partial charge in [0.15, 0.2) is 4.80 Å². The minimum absolute atomic E-state index is 0.0383. The van der Waals surface area contributed by atoms with Crippen LogP contribution in [0.1, 0.15) is 43.7 Å². The number of fused-ring (bicyclic) bond motifs is 1. The average molecular weight is 587 g/mol. The summed E-state index contributed by atoms with van der Waals surface area (Å²) in [5.41, 5.74) is 2.69. The number of likely N-dealkylation sites (N-methyl/N-ethyl adjacent to an activating group) is 1. The van der Waals surface area contributed by atoms with Crippen molar-refractivity contribution in [2.75, 3.05) is 20.2 Å². The number of rotatable bonds is 8. The molecule has 0 bridgehead atoms. The second-order valence-electron chi connectivity index (χ2n) is 9.76. The molecule has 0 aliphatic carbocycles. The summed E-state index contributed by atoms with van der Waals surface area (Å²) in [5.74, 6) is 1.23. The van der Waals surface area contributed by atoms with E-state index < -0.39 is 11.0 Å². The summed E-state index contributed by atoms with van der Waals surface area (Å²) in [7, 11) is 1.56. The highest BCUT2D eigenvalue weighted by molar-refractivity contribution is 7.07. The van der Waals surface area contributed by atoms with Crippen LogP contribution in [0.3, 0.4) is 0 Å². The zero-order valence-corrected chi connectivity index (χ0v) is 24.7. The van der Waals surface area contributed by atoms with Gasteiger partial charge in [0.2, 0.25) is 0 Å². The van der Waals surface area contributed by atoms with Crippen LogP contribution in [0.25, 0.3) is 17.4 Å². The standard InChI is InChI=1S/C31H30N4O6S/c1-6-33(7-2)30(37)27-19(4)32-31-34(28(27)22-10-8-9-11-24(22)40-5)29(36)26(42-31)17-21-14-15-25(41-21)23-16-20(35(38)39)13-12-18(23)3/h8-17,28H,6-7H2,1-5H3/b26-17+/t28-/m0/s1. The summed E-state index contributed by atoms with van der Waals surface area (Å²) in [6, 6.07) is 14.6. The van der Waals surface area contributed by atoms with Crippen molar-refractivity contribution in [1.29, 1.82) is 0 Å². The molecule has 3 heterocycles. The van der Waals surface area contributed by atoms with Crippen molar-refractivity contribution in [3.63, 3.8) is 0 Å². The quantitative estimate of drug-likeness (QED) is 0.220. The highest BCUT2D eigenvalue weighted by atomic mass is 32.1. The van der Waals surface area contributed by atoms with Crippen LogP contribution in [-0.4, -0.2) is 40.5 Å². The fraction of sp³-hybridized carbons (Fsp3) is 0.258. The predicted octanol–water partition coefficient (Wildman–Crippen LogP) is 4.59. The molecule has 1 aliphatic rings. The first-order valence-electron chi connectivity index (χ1n) is 13.5. The molecule has 4 aromatic rings. The summed E-state index contributed by atoms with van der Waals surface area (Å²) in [5, 5.41) is 11.3. The van der Waals surface area contributed by atoms with Gasteiger partial charge in [0.05, 0.1) is 27.8 Å². The van der Waals surface area contributed by atoms with Gasteiger partial charge in [0.25, 0.3) is 17.2 Å². The highest BCUT2D eigenvalue weighted by Crippen LogP contribution is 2.36. The van der Waals surface area contributed by atoms with E-state index in [-0.39, 0.29) is 17.2 Å². The number of nitro groups is 1. The smallest absolute Gasteiger partial charge is 0.271 e. The largest absolute Gasteiger partial charge is 0.496 e. The number of nitro benzene ring substituents is 1. The van der Waals surface area contributed by atoms with E-state index in [1.54, 1.807) is 53.8 Å². The van der Waals surface area contributed by atoms with Gasteiger partial charge in [-0.3, -0.25) is 24.3 Å². The third-order valence-electron chi connectivity index (χ3n) is 7.33. The summed E-state index contributed by atoms with van der Waals surface area (Å²) >= 11 is 1.20. The van der Waals surface area contributed by atoms with Crippen LogP contribution < -0.4 is 19.6 Å². The number of furan rings is 1. The summed E-state index contributed by atoms with van der Waals surface area (Å²) in [6.07, 6.45) is 1.63. The highest BCUT2D eigenvalue weighted by Gasteiger charge is 2.35. The summed E-state index contributed by atoms with van der Waals surface area (Å²) in [6.45, 7) is 8.49. The fourth-order valence-corrected chi connectivity index (χ4v) is 6.18. The Morgan fingerprint density at radius 1 is 1.17 bits per heavy atom. The van der Waals surface area contributed by atoms with Crippen molar-refractivity contribution < 1.29 is 18.9 Å². The summed E-state index contributed by atoms with van der Waals surface area (Å²) < 4.78 is 13.6. The van der Waals surface area contributed by atoms with Gasteiger partial charge in [-0.25, -0.2) is 4.99 Å². The topological polar surface area (TPSA) is 120 Å². The number of carbonyl (C=O) groups is 1. The number of aryl methyl sites for hydroxylation is 1. The van der Waals surface area contributed by atoms with Gasteiger partial charge in [-0.05, 0) is 51.5 Å². The number of para-hydroxylation sites is 1. The van der Waals surface area contributed by atoms with Gasteiger partial charge in [-0.2, -0.15) is 0 Å². The lowest BCUT2D eigenvalue weighted by molar-refractivity contribution is -0.384. The van der Waals surface area contributed by atoms with Crippen LogP contribution in [0.15, 0.2) is 80.1 Å². The average Bonchev–Trinajstić information content (AvgIpc) is 3.56. The minimum atomic E-state index is -0.743. The Hall–Kier alpha value is -4.77. The van der Waals surface area contributed by atoms with Crippen LogP contribution in [-0.2, 0) is 4.79 Å². The number of aromatic nitrogens is 1. The molecule has 11 heteroatoms. The number of allylic oxidation sites excluding steroid dienone is 1. The van der Waals surface area contributed by atoms with Crippen LogP contribution in [0.2, 0.25) is 0 Å².